The van der Waals surface area contributed by atoms with Crippen LogP contribution in [0.2, 0.25) is 0 Å². The highest BCUT2D eigenvalue weighted by molar-refractivity contribution is 5.75. The number of nitrogens with zero attached hydrogens (tertiary/aromatic N) is 2. The van der Waals surface area contributed by atoms with Crippen LogP contribution < -0.4 is 5.32 Å². The van der Waals surface area contributed by atoms with Gasteiger partial charge in [-0.05, 0) is 53.8 Å². The van der Waals surface area contributed by atoms with E-state index in [9.17, 15) is 0 Å². The van der Waals surface area contributed by atoms with Gasteiger partial charge in [-0.15, -0.1) is 0 Å². The van der Waals surface area contributed by atoms with E-state index in [1.54, 1.807) is 0 Å². The molecule has 0 radical (unpaired) electrons. The van der Waals surface area contributed by atoms with Crippen molar-refractivity contribution < 1.29 is 0 Å². The van der Waals surface area contributed by atoms with E-state index in [0.717, 1.165) is 24.9 Å². The Morgan fingerprint density at radius 3 is 2.64 bits per heavy atom. The maximum absolute atomic E-state index is 4.50. The van der Waals surface area contributed by atoms with Crippen LogP contribution in [-0.4, -0.2) is 9.55 Å². The number of fused-ring (bicyclic) bond motifs is 3. The normalized spacial score (nSPS) is 13.0. The first-order chi connectivity index (χ1) is 12.4. The van der Waals surface area contributed by atoms with Crippen molar-refractivity contribution in [3.8, 4) is 0 Å². The van der Waals surface area contributed by atoms with Gasteiger partial charge >= 0.3 is 0 Å². The Balaban J connectivity index is 1.47. The van der Waals surface area contributed by atoms with Crippen molar-refractivity contribution in [3.05, 3.63) is 89.7 Å². The van der Waals surface area contributed by atoms with E-state index < -0.39 is 0 Å². The minimum atomic E-state index is 0.848. The standard InChI is InChI=1S/C22H19N3/c1-2-6-19-17(5-1)10-11-18-13-16(9-12-20(18)24-19)14-25-15-23-21-7-3-4-8-22(21)25/h1-9,12-13,15,24H,10-11,14H2. The molecule has 1 aliphatic heterocycles. The summed E-state index contributed by atoms with van der Waals surface area (Å²) in [6, 6.07) is 23.6. The third-order valence-corrected chi connectivity index (χ3v) is 5.00. The Bertz CT molecular complexity index is 1060. The molecule has 122 valence electrons. The molecule has 3 heteroatoms. The predicted octanol–water partition coefficient (Wildman–Crippen LogP) is 4.93. The van der Waals surface area contributed by atoms with Crippen molar-refractivity contribution in [3.63, 3.8) is 0 Å². The van der Waals surface area contributed by atoms with Crippen LogP contribution in [0.3, 0.4) is 0 Å². The number of imidazole rings is 1. The number of nitrogens with one attached hydrogen (secondary N) is 1. The molecule has 0 bridgehead atoms. The number of hydrogen-bond donors (Lipinski definition) is 1. The molecule has 0 spiro atoms. The number of aromatic nitrogens is 2. The van der Waals surface area contributed by atoms with Crippen LogP contribution in [0.25, 0.3) is 11.0 Å². The molecule has 1 N–H and O–H groups in total. The van der Waals surface area contributed by atoms with Crippen LogP contribution in [0.15, 0.2) is 73.1 Å². The molecule has 3 nitrogen and oxygen atoms in total. The third-order valence-electron chi connectivity index (χ3n) is 5.00. The van der Waals surface area contributed by atoms with E-state index in [2.05, 4.69) is 75.5 Å². The van der Waals surface area contributed by atoms with Crippen molar-refractivity contribution in [1.29, 1.82) is 0 Å². The molecule has 4 aromatic rings. The van der Waals surface area contributed by atoms with E-state index in [4.69, 9.17) is 0 Å². The average molecular weight is 325 g/mol. The molecule has 1 aliphatic rings. The molecule has 0 saturated heterocycles. The molecule has 0 unspecified atom stereocenters. The maximum atomic E-state index is 4.50. The quantitative estimate of drug-likeness (QED) is 0.566. The first-order valence-electron chi connectivity index (χ1n) is 8.73. The fraction of sp³-hybridized carbons (Fsp3) is 0.136. The van der Waals surface area contributed by atoms with Crippen molar-refractivity contribution in [2.75, 3.05) is 5.32 Å². The number of aryl methyl sites for hydroxylation is 2. The molecule has 0 aliphatic carbocycles. The van der Waals surface area contributed by atoms with Crippen LogP contribution in [0.5, 0.6) is 0 Å². The lowest BCUT2D eigenvalue weighted by atomic mass is 10.0. The van der Waals surface area contributed by atoms with Crippen LogP contribution in [0.1, 0.15) is 16.7 Å². The molecule has 0 amide bonds. The zero-order chi connectivity index (χ0) is 16.6. The molecule has 0 atom stereocenters. The van der Waals surface area contributed by atoms with Gasteiger partial charge in [0.25, 0.3) is 0 Å². The van der Waals surface area contributed by atoms with Crippen LogP contribution in [0.4, 0.5) is 11.4 Å². The Morgan fingerprint density at radius 2 is 1.64 bits per heavy atom. The summed E-state index contributed by atoms with van der Waals surface area (Å²) < 4.78 is 2.22. The number of para-hydroxylation sites is 3. The highest BCUT2D eigenvalue weighted by Crippen LogP contribution is 2.30. The first kappa shape index (κ1) is 14.3. The van der Waals surface area contributed by atoms with E-state index in [-0.39, 0.29) is 0 Å². The van der Waals surface area contributed by atoms with Gasteiger partial charge in [-0.2, -0.15) is 0 Å². The van der Waals surface area contributed by atoms with E-state index in [1.807, 2.05) is 12.4 Å². The average Bonchev–Trinajstić information content (AvgIpc) is 2.95. The number of rotatable bonds is 2. The summed E-state index contributed by atoms with van der Waals surface area (Å²) in [4.78, 5) is 4.50. The molecule has 3 aromatic carbocycles. The molecular formula is C22H19N3. The second kappa shape index (κ2) is 5.78. The van der Waals surface area contributed by atoms with Gasteiger partial charge in [0.05, 0.1) is 17.4 Å². The van der Waals surface area contributed by atoms with E-state index in [1.165, 1.54) is 33.6 Å². The van der Waals surface area contributed by atoms with Gasteiger partial charge in [-0.25, -0.2) is 4.98 Å². The zero-order valence-electron chi connectivity index (χ0n) is 13.9. The molecule has 5 rings (SSSR count). The van der Waals surface area contributed by atoms with Crippen LogP contribution in [0, 0.1) is 0 Å². The monoisotopic (exact) mass is 325 g/mol. The van der Waals surface area contributed by atoms with Gasteiger partial charge in [0.2, 0.25) is 0 Å². The lowest BCUT2D eigenvalue weighted by Gasteiger charge is -2.12. The topological polar surface area (TPSA) is 29.9 Å². The Kier molecular flexibility index (Phi) is 3.30. The van der Waals surface area contributed by atoms with E-state index >= 15 is 0 Å². The van der Waals surface area contributed by atoms with Gasteiger partial charge in [-0.1, -0.05) is 42.5 Å². The summed E-state index contributed by atoms with van der Waals surface area (Å²) in [7, 11) is 0. The van der Waals surface area contributed by atoms with Crippen molar-refractivity contribution in [1.82, 2.24) is 9.55 Å². The van der Waals surface area contributed by atoms with Gasteiger partial charge in [0.1, 0.15) is 0 Å². The maximum Gasteiger partial charge on any atom is 0.0961 e. The van der Waals surface area contributed by atoms with Gasteiger partial charge in [0, 0.05) is 17.9 Å². The van der Waals surface area contributed by atoms with Gasteiger partial charge < -0.3 is 9.88 Å². The number of hydrogen-bond acceptors (Lipinski definition) is 2. The smallest absolute Gasteiger partial charge is 0.0961 e. The second-order valence-corrected chi connectivity index (χ2v) is 6.63. The lowest BCUT2D eigenvalue weighted by Crippen LogP contribution is -2.00. The summed E-state index contributed by atoms with van der Waals surface area (Å²) in [5, 5.41) is 3.60. The minimum Gasteiger partial charge on any atom is -0.355 e. The molecular weight excluding hydrogens is 306 g/mol. The second-order valence-electron chi connectivity index (χ2n) is 6.63. The number of anilines is 2. The fourth-order valence-corrected chi connectivity index (χ4v) is 3.68. The lowest BCUT2D eigenvalue weighted by molar-refractivity contribution is 0.821. The molecule has 25 heavy (non-hydrogen) atoms. The van der Waals surface area contributed by atoms with Crippen molar-refractivity contribution in [2.45, 2.75) is 19.4 Å². The van der Waals surface area contributed by atoms with Crippen LogP contribution in [-0.2, 0) is 19.4 Å². The minimum absolute atomic E-state index is 0.848. The van der Waals surface area contributed by atoms with Gasteiger partial charge in [0.15, 0.2) is 0 Å². The summed E-state index contributed by atoms with van der Waals surface area (Å²) in [5.74, 6) is 0. The molecule has 0 saturated carbocycles. The first-order valence-corrected chi connectivity index (χ1v) is 8.73. The highest BCUT2D eigenvalue weighted by atomic mass is 15.0. The Morgan fingerprint density at radius 1 is 0.840 bits per heavy atom. The third kappa shape index (κ3) is 2.58. The van der Waals surface area contributed by atoms with Crippen LogP contribution >= 0.6 is 0 Å². The summed E-state index contributed by atoms with van der Waals surface area (Å²) in [6.07, 6.45) is 4.08. The van der Waals surface area contributed by atoms with Crippen molar-refractivity contribution >= 4 is 22.4 Å². The molecule has 0 fully saturated rings. The van der Waals surface area contributed by atoms with E-state index in [0.29, 0.717) is 0 Å². The Labute approximate surface area is 147 Å². The SMILES string of the molecule is c1ccc2c(c1)CCc1cc(Cn3cnc4ccccc43)ccc1N2. The fourth-order valence-electron chi connectivity index (χ4n) is 3.68. The number of benzene rings is 3. The Hall–Kier alpha value is -3.07. The summed E-state index contributed by atoms with van der Waals surface area (Å²) in [6.45, 7) is 0.848. The van der Waals surface area contributed by atoms with Crippen molar-refractivity contribution in [2.24, 2.45) is 0 Å². The summed E-state index contributed by atoms with van der Waals surface area (Å²) in [5.41, 5.74) is 8.78. The molecule has 2 heterocycles. The largest absolute Gasteiger partial charge is 0.355 e. The zero-order valence-corrected chi connectivity index (χ0v) is 13.9. The molecule has 1 aromatic heterocycles. The highest BCUT2D eigenvalue weighted by Gasteiger charge is 2.13. The predicted molar refractivity (Wildman–Crippen MR) is 102 cm³/mol. The summed E-state index contributed by atoms with van der Waals surface area (Å²) >= 11 is 0. The van der Waals surface area contributed by atoms with Gasteiger partial charge in [-0.3, -0.25) is 0 Å².